The molecule has 0 saturated heterocycles. The van der Waals surface area contributed by atoms with Crippen molar-refractivity contribution < 1.29 is 9.69 Å². The molecule has 0 spiro atoms. The summed E-state index contributed by atoms with van der Waals surface area (Å²) in [7, 11) is 0. The molecule has 0 fully saturated rings. The zero-order valence-electron chi connectivity index (χ0n) is 6.92. The Kier molecular flexibility index (Phi) is 4.25. The standard InChI is InChI=1S/C9H12BrNO/c10-5-1-2-6-11-7-3-9(12)4-8-11/h3-4,7-8H,1-2,5-6H2/p+1. The Bertz CT molecular complexity index is 195. The first-order valence-corrected chi connectivity index (χ1v) is 5.27. The van der Waals surface area contributed by atoms with E-state index in [0.717, 1.165) is 11.9 Å². The SMILES string of the molecule is O=C1C=C[NH+](CCCCBr)C=C1. The lowest BCUT2D eigenvalue weighted by Gasteiger charge is -2.10. The number of hydrogen-bond donors (Lipinski definition) is 1. The summed E-state index contributed by atoms with van der Waals surface area (Å²) in [6.07, 6.45) is 9.46. The number of ketones is 1. The van der Waals surface area contributed by atoms with E-state index >= 15 is 0 Å². The molecule has 66 valence electrons. The lowest BCUT2D eigenvalue weighted by molar-refractivity contribution is -0.790. The Balaban J connectivity index is 2.22. The fourth-order valence-electron chi connectivity index (χ4n) is 1.08. The van der Waals surface area contributed by atoms with Crippen LogP contribution in [0.15, 0.2) is 24.6 Å². The molecule has 0 amide bonds. The van der Waals surface area contributed by atoms with Crippen molar-refractivity contribution in [3.8, 4) is 0 Å². The van der Waals surface area contributed by atoms with Crippen LogP contribution in [0.5, 0.6) is 0 Å². The van der Waals surface area contributed by atoms with Crippen LogP contribution in [0.4, 0.5) is 0 Å². The number of halogens is 1. The zero-order valence-corrected chi connectivity index (χ0v) is 8.51. The maximum Gasteiger partial charge on any atom is 0.189 e. The van der Waals surface area contributed by atoms with Gasteiger partial charge in [0.25, 0.3) is 0 Å². The van der Waals surface area contributed by atoms with Crippen molar-refractivity contribution in [2.45, 2.75) is 12.8 Å². The Morgan fingerprint density at radius 2 is 1.92 bits per heavy atom. The van der Waals surface area contributed by atoms with Gasteiger partial charge in [-0.3, -0.25) is 9.69 Å². The highest BCUT2D eigenvalue weighted by Crippen LogP contribution is 1.91. The molecule has 0 atom stereocenters. The van der Waals surface area contributed by atoms with Crippen molar-refractivity contribution in [2.24, 2.45) is 0 Å². The van der Waals surface area contributed by atoms with Gasteiger partial charge in [0.05, 0.1) is 6.54 Å². The predicted octanol–water partition coefficient (Wildman–Crippen LogP) is 0.656. The van der Waals surface area contributed by atoms with Crippen molar-refractivity contribution in [1.29, 1.82) is 0 Å². The first-order chi connectivity index (χ1) is 5.83. The highest BCUT2D eigenvalue weighted by Gasteiger charge is 2.06. The minimum Gasteiger partial charge on any atom is -0.290 e. The number of nitrogens with one attached hydrogen (secondary N) is 1. The summed E-state index contributed by atoms with van der Waals surface area (Å²) in [6, 6.07) is 0. The first-order valence-electron chi connectivity index (χ1n) is 4.15. The molecule has 1 N–H and O–H groups in total. The van der Waals surface area contributed by atoms with Gasteiger partial charge in [-0.15, -0.1) is 0 Å². The summed E-state index contributed by atoms with van der Waals surface area (Å²) in [5, 5.41) is 1.06. The minimum absolute atomic E-state index is 0.0965. The third-order valence-corrected chi connectivity index (χ3v) is 2.33. The third-order valence-electron chi connectivity index (χ3n) is 1.77. The molecule has 0 radical (unpaired) electrons. The number of unbranched alkanes of at least 4 members (excludes halogenated alkanes) is 1. The molecule has 0 bridgehead atoms. The quantitative estimate of drug-likeness (QED) is 0.557. The molecule has 3 heteroatoms. The molecule has 0 unspecified atom stereocenters. The smallest absolute Gasteiger partial charge is 0.189 e. The number of hydrogen-bond acceptors (Lipinski definition) is 1. The van der Waals surface area contributed by atoms with E-state index in [2.05, 4.69) is 15.9 Å². The average Bonchev–Trinajstić information content (AvgIpc) is 2.09. The van der Waals surface area contributed by atoms with Gasteiger partial charge in [-0.05, 0) is 12.8 Å². The summed E-state index contributed by atoms with van der Waals surface area (Å²) in [4.78, 5) is 12.0. The van der Waals surface area contributed by atoms with E-state index in [9.17, 15) is 4.79 Å². The fourth-order valence-corrected chi connectivity index (χ4v) is 1.48. The Morgan fingerprint density at radius 1 is 1.25 bits per heavy atom. The highest BCUT2D eigenvalue weighted by molar-refractivity contribution is 9.09. The summed E-state index contributed by atoms with van der Waals surface area (Å²) in [5.41, 5.74) is 0. The van der Waals surface area contributed by atoms with E-state index in [1.807, 2.05) is 12.4 Å². The van der Waals surface area contributed by atoms with Crippen LogP contribution in [0.2, 0.25) is 0 Å². The average molecular weight is 231 g/mol. The van der Waals surface area contributed by atoms with Crippen LogP contribution in [-0.4, -0.2) is 17.7 Å². The van der Waals surface area contributed by atoms with Gasteiger partial charge < -0.3 is 0 Å². The van der Waals surface area contributed by atoms with Crippen LogP contribution in [0.1, 0.15) is 12.8 Å². The number of allylic oxidation sites excluding steroid dienone is 2. The molecule has 0 aliphatic carbocycles. The van der Waals surface area contributed by atoms with Crippen molar-refractivity contribution >= 4 is 21.7 Å². The maximum atomic E-state index is 10.7. The van der Waals surface area contributed by atoms with Crippen molar-refractivity contribution in [3.05, 3.63) is 24.6 Å². The topological polar surface area (TPSA) is 21.5 Å². The summed E-state index contributed by atoms with van der Waals surface area (Å²) >= 11 is 3.38. The van der Waals surface area contributed by atoms with Crippen molar-refractivity contribution in [2.75, 3.05) is 11.9 Å². The first kappa shape index (κ1) is 9.68. The Morgan fingerprint density at radius 3 is 2.50 bits per heavy atom. The van der Waals surface area contributed by atoms with Crippen LogP contribution in [0.3, 0.4) is 0 Å². The lowest BCUT2D eigenvalue weighted by atomic mass is 10.3. The second-order valence-electron chi connectivity index (χ2n) is 2.79. The second-order valence-corrected chi connectivity index (χ2v) is 3.58. The third kappa shape index (κ3) is 3.32. The number of carbonyl (C=O) groups excluding carboxylic acids is 1. The van der Waals surface area contributed by atoms with E-state index in [4.69, 9.17) is 0 Å². The maximum absolute atomic E-state index is 10.7. The van der Waals surface area contributed by atoms with E-state index in [-0.39, 0.29) is 5.78 Å². The minimum atomic E-state index is 0.0965. The molecule has 0 aromatic rings. The highest BCUT2D eigenvalue weighted by atomic mass is 79.9. The summed E-state index contributed by atoms with van der Waals surface area (Å²) in [6.45, 7) is 1.08. The fraction of sp³-hybridized carbons (Fsp3) is 0.444. The van der Waals surface area contributed by atoms with Gasteiger partial charge in [0.2, 0.25) is 0 Å². The van der Waals surface area contributed by atoms with Gasteiger partial charge >= 0.3 is 0 Å². The molecular formula is C9H13BrNO+. The van der Waals surface area contributed by atoms with E-state index in [0.29, 0.717) is 0 Å². The Hall–Kier alpha value is -0.410. The van der Waals surface area contributed by atoms with Crippen molar-refractivity contribution in [3.63, 3.8) is 0 Å². The molecule has 2 nitrogen and oxygen atoms in total. The van der Waals surface area contributed by atoms with Gasteiger partial charge in [0, 0.05) is 17.5 Å². The molecular weight excluding hydrogens is 218 g/mol. The largest absolute Gasteiger partial charge is 0.290 e. The summed E-state index contributed by atoms with van der Waals surface area (Å²) < 4.78 is 0. The second kappa shape index (κ2) is 5.27. The molecule has 1 aliphatic heterocycles. The van der Waals surface area contributed by atoms with Gasteiger partial charge in [0.15, 0.2) is 5.78 Å². The van der Waals surface area contributed by atoms with Gasteiger partial charge in [-0.2, -0.15) is 0 Å². The van der Waals surface area contributed by atoms with Crippen molar-refractivity contribution in [1.82, 2.24) is 0 Å². The van der Waals surface area contributed by atoms with E-state index in [1.165, 1.54) is 17.7 Å². The zero-order chi connectivity index (χ0) is 8.81. The molecule has 0 aromatic heterocycles. The molecule has 1 heterocycles. The molecule has 1 aliphatic rings. The lowest BCUT2D eigenvalue weighted by Crippen LogP contribution is -3.03. The number of rotatable bonds is 4. The molecule has 12 heavy (non-hydrogen) atoms. The van der Waals surface area contributed by atoms with Crippen LogP contribution < -0.4 is 4.90 Å². The van der Waals surface area contributed by atoms with Crippen LogP contribution in [-0.2, 0) is 4.79 Å². The molecule has 0 saturated carbocycles. The summed E-state index contributed by atoms with van der Waals surface area (Å²) in [5.74, 6) is 0.0965. The Labute approximate surface area is 81.1 Å². The monoisotopic (exact) mass is 230 g/mol. The van der Waals surface area contributed by atoms with Gasteiger partial charge in [0.1, 0.15) is 12.4 Å². The molecule has 1 rings (SSSR count). The molecule has 0 aromatic carbocycles. The normalized spacial score (nSPS) is 17.2. The van der Waals surface area contributed by atoms with Crippen LogP contribution in [0, 0.1) is 0 Å². The predicted molar refractivity (Wildman–Crippen MR) is 52.1 cm³/mol. The van der Waals surface area contributed by atoms with Crippen LogP contribution in [0.25, 0.3) is 0 Å². The van der Waals surface area contributed by atoms with Gasteiger partial charge in [-0.25, -0.2) is 0 Å². The number of carbonyl (C=O) groups is 1. The van der Waals surface area contributed by atoms with E-state index < -0.39 is 0 Å². The van der Waals surface area contributed by atoms with Gasteiger partial charge in [-0.1, -0.05) is 15.9 Å². The number of quaternary nitrogens is 1. The van der Waals surface area contributed by atoms with Crippen LogP contribution >= 0.6 is 15.9 Å². The van der Waals surface area contributed by atoms with E-state index in [1.54, 1.807) is 12.2 Å². The number of alkyl halides is 1.